The minimum absolute atomic E-state index is 0.00159. The molecule has 0 spiro atoms. The quantitative estimate of drug-likeness (QED) is 0.771. The SMILES string of the molecule is CCC(C)=C(c1cc(F)ccc1O)N1C=CC=C/C1=C(/C)c1ccc[nH]c1=O. The van der Waals surface area contributed by atoms with Crippen molar-refractivity contribution in [1.29, 1.82) is 0 Å². The van der Waals surface area contributed by atoms with Gasteiger partial charge in [0.2, 0.25) is 0 Å². The zero-order valence-electron chi connectivity index (χ0n) is 16.2. The normalized spacial score (nSPS) is 16.2. The topological polar surface area (TPSA) is 56.3 Å². The Hall–Kier alpha value is -3.34. The molecule has 2 N–H and O–H groups in total. The van der Waals surface area contributed by atoms with Gasteiger partial charge in [-0.15, -0.1) is 0 Å². The molecular weight excluding hydrogens is 355 g/mol. The van der Waals surface area contributed by atoms with E-state index in [1.807, 2.05) is 50.1 Å². The molecule has 2 aromatic rings. The van der Waals surface area contributed by atoms with E-state index in [0.717, 1.165) is 23.3 Å². The van der Waals surface area contributed by atoms with Crippen LogP contribution in [-0.4, -0.2) is 15.0 Å². The first-order valence-corrected chi connectivity index (χ1v) is 9.15. The smallest absolute Gasteiger partial charge is 0.255 e. The number of nitrogens with zero attached hydrogens (tertiary/aromatic N) is 1. The highest BCUT2D eigenvalue weighted by Gasteiger charge is 2.22. The summed E-state index contributed by atoms with van der Waals surface area (Å²) in [6, 6.07) is 7.46. The number of phenolic OH excluding ortho intramolecular Hbond substituents is 1. The van der Waals surface area contributed by atoms with Crippen molar-refractivity contribution in [1.82, 2.24) is 9.88 Å². The number of phenols is 1. The van der Waals surface area contributed by atoms with Crippen molar-refractivity contribution in [2.75, 3.05) is 0 Å². The Labute approximate surface area is 163 Å². The van der Waals surface area contributed by atoms with Crippen molar-refractivity contribution in [2.24, 2.45) is 0 Å². The van der Waals surface area contributed by atoms with Gasteiger partial charge < -0.3 is 15.0 Å². The summed E-state index contributed by atoms with van der Waals surface area (Å²) >= 11 is 0. The van der Waals surface area contributed by atoms with Crippen LogP contribution in [0.1, 0.15) is 38.3 Å². The van der Waals surface area contributed by atoms with E-state index in [0.29, 0.717) is 16.8 Å². The zero-order valence-corrected chi connectivity index (χ0v) is 16.2. The molecule has 0 aliphatic carbocycles. The lowest BCUT2D eigenvalue weighted by atomic mass is 9.99. The first-order valence-electron chi connectivity index (χ1n) is 9.15. The third-order valence-corrected chi connectivity index (χ3v) is 4.86. The van der Waals surface area contributed by atoms with Gasteiger partial charge in [0.05, 0.1) is 5.70 Å². The first kappa shape index (κ1) is 19.4. The van der Waals surface area contributed by atoms with Gasteiger partial charge in [-0.2, -0.15) is 0 Å². The van der Waals surface area contributed by atoms with Crippen molar-refractivity contribution in [3.63, 3.8) is 0 Å². The number of halogens is 1. The van der Waals surface area contributed by atoms with Gasteiger partial charge in [-0.3, -0.25) is 4.79 Å². The molecule has 5 heteroatoms. The molecule has 0 saturated carbocycles. The van der Waals surface area contributed by atoms with Crippen molar-refractivity contribution in [2.45, 2.75) is 27.2 Å². The summed E-state index contributed by atoms with van der Waals surface area (Å²) in [7, 11) is 0. The average molecular weight is 378 g/mol. The van der Waals surface area contributed by atoms with E-state index >= 15 is 0 Å². The maximum atomic E-state index is 14.0. The fourth-order valence-electron chi connectivity index (χ4n) is 3.23. The number of pyridine rings is 1. The van der Waals surface area contributed by atoms with Gasteiger partial charge in [0.1, 0.15) is 11.6 Å². The van der Waals surface area contributed by atoms with Crippen LogP contribution in [0.15, 0.2) is 77.0 Å². The van der Waals surface area contributed by atoms with Crippen LogP contribution < -0.4 is 5.56 Å². The lowest BCUT2D eigenvalue weighted by molar-refractivity contribution is 0.468. The summed E-state index contributed by atoms with van der Waals surface area (Å²) in [5, 5.41) is 10.4. The number of hydrogen-bond donors (Lipinski definition) is 2. The largest absolute Gasteiger partial charge is 0.507 e. The van der Waals surface area contributed by atoms with Crippen LogP contribution in [0, 0.1) is 5.82 Å². The number of benzene rings is 1. The number of aromatic amines is 1. The molecule has 0 fully saturated rings. The maximum absolute atomic E-state index is 14.0. The Morgan fingerprint density at radius 1 is 1.18 bits per heavy atom. The van der Waals surface area contributed by atoms with E-state index < -0.39 is 5.82 Å². The summed E-state index contributed by atoms with van der Waals surface area (Å²) in [6.07, 6.45) is 9.82. The zero-order chi connectivity index (χ0) is 20.3. The van der Waals surface area contributed by atoms with Gasteiger partial charge in [-0.25, -0.2) is 4.39 Å². The predicted octanol–water partition coefficient (Wildman–Crippen LogP) is 5.18. The molecule has 4 nitrogen and oxygen atoms in total. The minimum Gasteiger partial charge on any atom is -0.507 e. The molecule has 0 amide bonds. The highest BCUT2D eigenvalue weighted by Crippen LogP contribution is 2.37. The molecule has 1 aromatic carbocycles. The van der Waals surface area contributed by atoms with E-state index in [1.54, 1.807) is 18.3 Å². The van der Waals surface area contributed by atoms with E-state index in [-0.39, 0.29) is 11.3 Å². The summed E-state index contributed by atoms with van der Waals surface area (Å²) in [5.74, 6) is -0.422. The van der Waals surface area contributed by atoms with Crippen LogP contribution in [-0.2, 0) is 0 Å². The maximum Gasteiger partial charge on any atom is 0.255 e. The second kappa shape index (κ2) is 8.13. The second-order valence-electron chi connectivity index (χ2n) is 6.64. The number of hydrogen-bond acceptors (Lipinski definition) is 3. The molecule has 2 heterocycles. The number of allylic oxidation sites excluding steroid dienone is 5. The number of H-pyrrole nitrogens is 1. The average Bonchev–Trinajstić information content (AvgIpc) is 2.71. The fourth-order valence-corrected chi connectivity index (χ4v) is 3.23. The third kappa shape index (κ3) is 3.69. The molecular formula is C23H23FN2O2. The van der Waals surface area contributed by atoms with Crippen molar-refractivity contribution in [3.05, 3.63) is 99.5 Å². The van der Waals surface area contributed by atoms with Crippen LogP contribution in [0.4, 0.5) is 4.39 Å². The van der Waals surface area contributed by atoms with Gasteiger partial charge in [0.25, 0.3) is 5.56 Å². The molecule has 1 aliphatic heterocycles. The number of nitrogens with one attached hydrogen (secondary N) is 1. The molecule has 0 radical (unpaired) electrons. The molecule has 0 atom stereocenters. The number of rotatable bonds is 4. The molecule has 1 aromatic heterocycles. The number of aromatic hydroxyl groups is 1. The van der Waals surface area contributed by atoms with Gasteiger partial charge in [0.15, 0.2) is 0 Å². The monoisotopic (exact) mass is 378 g/mol. The molecule has 3 rings (SSSR count). The summed E-state index contributed by atoms with van der Waals surface area (Å²) in [6.45, 7) is 5.84. The Morgan fingerprint density at radius 2 is 1.96 bits per heavy atom. The Balaban J connectivity index is 2.25. The minimum atomic E-state index is -0.424. The van der Waals surface area contributed by atoms with Gasteiger partial charge in [-0.1, -0.05) is 13.0 Å². The second-order valence-corrected chi connectivity index (χ2v) is 6.64. The Bertz CT molecular complexity index is 1070. The molecule has 28 heavy (non-hydrogen) atoms. The highest BCUT2D eigenvalue weighted by molar-refractivity contribution is 5.78. The van der Waals surface area contributed by atoms with Crippen LogP contribution in [0.25, 0.3) is 11.3 Å². The lowest BCUT2D eigenvalue weighted by Gasteiger charge is -2.30. The van der Waals surface area contributed by atoms with Crippen molar-refractivity contribution in [3.8, 4) is 5.75 Å². The first-order chi connectivity index (χ1) is 13.4. The Kier molecular flexibility index (Phi) is 5.64. The summed E-state index contributed by atoms with van der Waals surface area (Å²) in [4.78, 5) is 16.9. The molecule has 144 valence electrons. The van der Waals surface area contributed by atoms with Gasteiger partial charge in [-0.05, 0) is 73.9 Å². The standard InChI is InChI=1S/C23H23FN2O2/c1-4-15(2)22(19-14-17(24)10-11-21(19)27)26-13-6-5-9-20(26)16(3)18-8-7-12-25-23(18)28/h5-14,27H,4H2,1-3H3,(H,25,28)/b20-16+,22-15?. The van der Waals surface area contributed by atoms with Crippen molar-refractivity contribution < 1.29 is 9.50 Å². The van der Waals surface area contributed by atoms with Gasteiger partial charge >= 0.3 is 0 Å². The van der Waals surface area contributed by atoms with Gasteiger partial charge in [0, 0.05) is 29.2 Å². The van der Waals surface area contributed by atoms with Crippen LogP contribution in [0.3, 0.4) is 0 Å². The molecule has 0 unspecified atom stereocenters. The van der Waals surface area contributed by atoms with E-state index in [9.17, 15) is 14.3 Å². The summed E-state index contributed by atoms with van der Waals surface area (Å²) < 4.78 is 14.0. The van der Waals surface area contributed by atoms with E-state index in [2.05, 4.69) is 4.98 Å². The summed E-state index contributed by atoms with van der Waals surface area (Å²) in [5.41, 5.74) is 4.02. The predicted molar refractivity (Wildman–Crippen MR) is 111 cm³/mol. The molecule has 0 bridgehead atoms. The van der Waals surface area contributed by atoms with Crippen LogP contribution >= 0.6 is 0 Å². The van der Waals surface area contributed by atoms with Crippen molar-refractivity contribution >= 4 is 11.3 Å². The van der Waals surface area contributed by atoms with Crippen LogP contribution in [0.5, 0.6) is 5.75 Å². The third-order valence-electron chi connectivity index (χ3n) is 4.86. The van der Waals surface area contributed by atoms with E-state index in [4.69, 9.17) is 0 Å². The van der Waals surface area contributed by atoms with E-state index in [1.165, 1.54) is 18.2 Å². The lowest BCUT2D eigenvalue weighted by Crippen LogP contribution is -2.20. The fraction of sp³-hybridized carbons (Fsp3) is 0.174. The molecule has 1 aliphatic rings. The van der Waals surface area contributed by atoms with Crippen LogP contribution in [0.2, 0.25) is 0 Å². The Morgan fingerprint density at radius 3 is 2.68 bits per heavy atom. The highest BCUT2D eigenvalue weighted by atomic mass is 19.1. The molecule has 0 saturated heterocycles. The number of aromatic nitrogens is 1.